The highest BCUT2D eigenvalue weighted by atomic mass is 35.5. The monoisotopic (exact) mass is 293 g/mol. The van der Waals surface area contributed by atoms with Crippen LogP contribution in [0.4, 0.5) is 0 Å². The number of aliphatic hydroxyl groups excluding tert-OH is 1. The van der Waals surface area contributed by atoms with E-state index in [1.807, 2.05) is 24.3 Å². The van der Waals surface area contributed by atoms with E-state index >= 15 is 0 Å². The van der Waals surface area contributed by atoms with Crippen molar-refractivity contribution in [2.45, 2.75) is 56.1 Å². The Bertz CT molecular complexity index is 505. The normalized spacial score (nSPS) is 27.9. The van der Waals surface area contributed by atoms with Crippen LogP contribution in [0.3, 0.4) is 0 Å². The summed E-state index contributed by atoms with van der Waals surface area (Å²) in [6.45, 7) is 0. The van der Waals surface area contributed by atoms with Gasteiger partial charge in [0.1, 0.15) is 0 Å². The molecule has 0 radical (unpaired) electrons. The van der Waals surface area contributed by atoms with Crippen molar-refractivity contribution in [3.05, 3.63) is 34.9 Å². The van der Waals surface area contributed by atoms with Crippen LogP contribution in [-0.2, 0) is 10.2 Å². The first-order chi connectivity index (χ1) is 9.62. The maximum Gasteiger partial charge on any atom is 0.230 e. The smallest absolute Gasteiger partial charge is 0.230 e. The summed E-state index contributed by atoms with van der Waals surface area (Å²) < 4.78 is 0. The predicted molar refractivity (Wildman–Crippen MR) is 78.8 cm³/mol. The molecule has 2 fully saturated rings. The van der Waals surface area contributed by atoms with Gasteiger partial charge < -0.3 is 10.4 Å². The van der Waals surface area contributed by atoms with E-state index in [1.165, 1.54) is 0 Å². The molecule has 3 rings (SSSR count). The Morgan fingerprint density at radius 3 is 2.45 bits per heavy atom. The highest BCUT2D eigenvalue weighted by molar-refractivity contribution is 6.31. The van der Waals surface area contributed by atoms with Gasteiger partial charge in [-0.3, -0.25) is 4.79 Å². The van der Waals surface area contributed by atoms with Gasteiger partial charge in [0.05, 0.1) is 11.5 Å². The summed E-state index contributed by atoms with van der Waals surface area (Å²) in [6.07, 6.45) is 4.85. The number of aliphatic hydroxyl groups is 1. The van der Waals surface area contributed by atoms with Gasteiger partial charge in [0.2, 0.25) is 5.91 Å². The zero-order valence-corrected chi connectivity index (χ0v) is 12.2. The van der Waals surface area contributed by atoms with E-state index in [9.17, 15) is 9.90 Å². The molecule has 0 saturated heterocycles. The molecular weight excluding hydrogens is 274 g/mol. The lowest BCUT2D eigenvalue weighted by Crippen LogP contribution is -2.43. The van der Waals surface area contributed by atoms with E-state index in [0.717, 1.165) is 44.1 Å². The second kappa shape index (κ2) is 5.38. The first-order valence-electron chi connectivity index (χ1n) is 7.36. The molecule has 3 nitrogen and oxygen atoms in total. The minimum atomic E-state index is -0.408. The van der Waals surface area contributed by atoms with Gasteiger partial charge in [0, 0.05) is 11.1 Å². The fraction of sp³-hybridized carbons (Fsp3) is 0.562. The van der Waals surface area contributed by atoms with E-state index < -0.39 is 5.41 Å². The van der Waals surface area contributed by atoms with Gasteiger partial charge in [0.25, 0.3) is 0 Å². The van der Waals surface area contributed by atoms with E-state index in [2.05, 4.69) is 5.32 Å². The number of nitrogens with one attached hydrogen (secondary N) is 1. The zero-order valence-electron chi connectivity index (χ0n) is 11.4. The van der Waals surface area contributed by atoms with Gasteiger partial charge >= 0.3 is 0 Å². The number of hydrogen-bond donors (Lipinski definition) is 2. The summed E-state index contributed by atoms with van der Waals surface area (Å²) in [5.41, 5.74) is 0.545. The maximum atomic E-state index is 12.6. The molecule has 4 heteroatoms. The Balaban J connectivity index is 1.69. The number of carbonyl (C=O) groups is 1. The van der Waals surface area contributed by atoms with Crippen molar-refractivity contribution in [1.29, 1.82) is 0 Å². The number of amides is 1. The quantitative estimate of drug-likeness (QED) is 0.900. The molecule has 0 heterocycles. The molecule has 0 aromatic heterocycles. The minimum Gasteiger partial charge on any atom is -0.393 e. The molecule has 1 amide bonds. The molecule has 20 heavy (non-hydrogen) atoms. The topological polar surface area (TPSA) is 49.3 Å². The van der Waals surface area contributed by atoms with Crippen LogP contribution in [0.1, 0.15) is 44.1 Å². The highest BCUT2D eigenvalue weighted by Gasteiger charge is 2.52. The summed E-state index contributed by atoms with van der Waals surface area (Å²) in [5, 5.41) is 13.4. The van der Waals surface area contributed by atoms with Crippen molar-refractivity contribution >= 4 is 17.5 Å². The Labute approximate surface area is 124 Å². The van der Waals surface area contributed by atoms with Gasteiger partial charge in [-0.1, -0.05) is 29.8 Å². The average Bonchev–Trinajstić information content (AvgIpc) is 3.23. The van der Waals surface area contributed by atoms with Crippen LogP contribution in [-0.4, -0.2) is 23.2 Å². The lowest BCUT2D eigenvalue weighted by Gasteiger charge is -2.28. The third kappa shape index (κ3) is 2.57. The van der Waals surface area contributed by atoms with Gasteiger partial charge in [0.15, 0.2) is 0 Å². The molecule has 2 aliphatic rings. The maximum absolute atomic E-state index is 12.6. The van der Waals surface area contributed by atoms with Gasteiger partial charge in [-0.15, -0.1) is 0 Å². The van der Waals surface area contributed by atoms with E-state index in [4.69, 9.17) is 11.6 Å². The van der Waals surface area contributed by atoms with Crippen molar-refractivity contribution in [2.24, 2.45) is 0 Å². The van der Waals surface area contributed by atoms with Crippen molar-refractivity contribution < 1.29 is 9.90 Å². The van der Waals surface area contributed by atoms with E-state index in [-0.39, 0.29) is 18.1 Å². The molecule has 2 saturated carbocycles. The van der Waals surface area contributed by atoms with E-state index in [1.54, 1.807) is 0 Å². The minimum absolute atomic E-state index is 0.104. The van der Waals surface area contributed by atoms with E-state index in [0.29, 0.717) is 5.02 Å². The van der Waals surface area contributed by atoms with Crippen LogP contribution in [0.5, 0.6) is 0 Å². The predicted octanol–water partition coefficient (Wildman–Crippen LogP) is 2.79. The summed E-state index contributed by atoms with van der Waals surface area (Å²) >= 11 is 6.24. The fourth-order valence-electron chi connectivity index (χ4n) is 3.14. The molecule has 0 aliphatic heterocycles. The lowest BCUT2D eigenvalue weighted by atomic mass is 9.90. The Morgan fingerprint density at radius 2 is 1.85 bits per heavy atom. The molecule has 0 bridgehead atoms. The SMILES string of the molecule is O=C(NC1CCC(O)CC1)C1(c2ccccc2Cl)CC1. The van der Waals surface area contributed by atoms with Crippen LogP contribution in [0.25, 0.3) is 0 Å². The molecule has 2 aliphatic carbocycles. The summed E-state index contributed by atoms with van der Waals surface area (Å²) in [5.74, 6) is 0.104. The number of rotatable bonds is 3. The average molecular weight is 294 g/mol. The first kappa shape index (κ1) is 13.9. The standard InChI is InChI=1S/C16H20ClNO2/c17-14-4-2-1-3-13(14)16(9-10-16)15(20)18-11-5-7-12(19)8-6-11/h1-4,11-12,19H,5-10H2,(H,18,20). The van der Waals surface area contributed by atoms with Gasteiger partial charge in [-0.05, 0) is 50.2 Å². The van der Waals surface area contributed by atoms with Crippen LogP contribution in [0.2, 0.25) is 5.02 Å². The number of carbonyl (C=O) groups excluding carboxylic acids is 1. The second-order valence-corrected chi connectivity index (χ2v) is 6.45. The molecular formula is C16H20ClNO2. The molecule has 0 unspecified atom stereocenters. The summed E-state index contributed by atoms with van der Waals surface area (Å²) in [4.78, 5) is 12.6. The van der Waals surface area contributed by atoms with Crippen molar-refractivity contribution in [1.82, 2.24) is 5.32 Å². The number of halogens is 1. The molecule has 0 spiro atoms. The molecule has 2 N–H and O–H groups in total. The zero-order chi connectivity index (χ0) is 14.2. The third-order valence-electron chi connectivity index (χ3n) is 4.61. The third-order valence-corrected chi connectivity index (χ3v) is 4.94. The fourth-order valence-corrected chi connectivity index (χ4v) is 3.45. The molecule has 0 atom stereocenters. The van der Waals surface area contributed by atoms with Crippen molar-refractivity contribution in [3.63, 3.8) is 0 Å². The summed E-state index contributed by atoms with van der Waals surface area (Å²) in [7, 11) is 0. The Kier molecular flexibility index (Phi) is 3.74. The van der Waals surface area contributed by atoms with Crippen LogP contribution in [0, 0.1) is 0 Å². The Hall–Kier alpha value is -1.06. The highest BCUT2D eigenvalue weighted by Crippen LogP contribution is 2.50. The van der Waals surface area contributed by atoms with Crippen molar-refractivity contribution in [2.75, 3.05) is 0 Å². The number of benzene rings is 1. The first-order valence-corrected chi connectivity index (χ1v) is 7.74. The summed E-state index contributed by atoms with van der Waals surface area (Å²) in [6, 6.07) is 7.83. The van der Waals surface area contributed by atoms with Gasteiger partial charge in [-0.2, -0.15) is 0 Å². The van der Waals surface area contributed by atoms with Crippen LogP contribution >= 0.6 is 11.6 Å². The van der Waals surface area contributed by atoms with Crippen LogP contribution < -0.4 is 5.32 Å². The van der Waals surface area contributed by atoms with Crippen molar-refractivity contribution in [3.8, 4) is 0 Å². The molecule has 1 aromatic carbocycles. The molecule has 1 aromatic rings. The second-order valence-electron chi connectivity index (χ2n) is 6.04. The van der Waals surface area contributed by atoms with Crippen LogP contribution in [0.15, 0.2) is 24.3 Å². The number of hydrogen-bond acceptors (Lipinski definition) is 2. The molecule has 108 valence electrons. The Morgan fingerprint density at radius 1 is 1.20 bits per heavy atom. The van der Waals surface area contributed by atoms with Gasteiger partial charge in [-0.25, -0.2) is 0 Å². The lowest BCUT2D eigenvalue weighted by molar-refractivity contribution is -0.124. The largest absolute Gasteiger partial charge is 0.393 e.